The Morgan fingerprint density at radius 1 is 1.38 bits per heavy atom. The second-order valence-electron chi connectivity index (χ2n) is 8.64. The molecule has 1 heterocycles. The molecule has 1 unspecified atom stereocenters. The van der Waals surface area contributed by atoms with E-state index >= 15 is 0 Å². The van der Waals surface area contributed by atoms with Crippen molar-refractivity contribution >= 4 is 15.7 Å². The molecule has 8 heteroatoms. The van der Waals surface area contributed by atoms with Gasteiger partial charge in [-0.25, -0.2) is 8.42 Å². The topological polar surface area (TPSA) is 102 Å². The van der Waals surface area contributed by atoms with E-state index in [1.54, 1.807) is 6.08 Å². The van der Waals surface area contributed by atoms with Gasteiger partial charge in [-0.15, -0.1) is 6.58 Å². The highest BCUT2D eigenvalue weighted by atomic mass is 32.2. The summed E-state index contributed by atoms with van der Waals surface area (Å²) >= 11 is 0. The molecule has 2 fully saturated rings. The Bertz CT molecular complexity index is 705. The maximum absolute atomic E-state index is 13.3. The Balaban J connectivity index is 2.17. The molecule has 0 aromatic rings. The van der Waals surface area contributed by atoms with Crippen molar-refractivity contribution in [1.29, 1.82) is 0 Å². The molecule has 0 spiro atoms. The zero-order valence-corrected chi connectivity index (χ0v) is 18.4. The summed E-state index contributed by atoms with van der Waals surface area (Å²) < 4.78 is 36.2. The van der Waals surface area contributed by atoms with Crippen molar-refractivity contribution in [2.75, 3.05) is 26.4 Å². The van der Waals surface area contributed by atoms with Gasteiger partial charge in [0.2, 0.25) is 5.91 Å². The van der Waals surface area contributed by atoms with Crippen LogP contribution in [0.5, 0.6) is 0 Å². The van der Waals surface area contributed by atoms with E-state index in [-0.39, 0.29) is 19.6 Å². The molecule has 2 aliphatic rings. The van der Waals surface area contributed by atoms with Gasteiger partial charge < -0.3 is 19.9 Å². The summed E-state index contributed by atoms with van der Waals surface area (Å²) in [7, 11) is -3.64. The summed E-state index contributed by atoms with van der Waals surface area (Å²) in [6, 6.07) is 0. The van der Waals surface area contributed by atoms with Crippen LogP contribution in [-0.4, -0.2) is 62.1 Å². The van der Waals surface area contributed by atoms with Crippen LogP contribution in [0.25, 0.3) is 0 Å². The third kappa shape index (κ3) is 5.10. The monoisotopic (exact) mass is 429 g/mol. The maximum Gasteiger partial charge on any atom is 0.243 e. The van der Waals surface area contributed by atoms with E-state index in [9.17, 15) is 18.3 Å². The largest absolute Gasteiger partial charge is 0.395 e. The molecule has 166 valence electrons. The number of carbonyl (C=O) groups is 1. The number of aliphatic hydroxyl groups excluding tert-OH is 1. The average Bonchev–Trinajstić information content (AvgIpc) is 2.65. The van der Waals surface area contributed by atoms with Crippen LogP contribution in [0.1, 0.15) is 52.4 Å². The summed E-state index contributed by atoms with van der Waals surface area (Å²) in [6.45, 7) is 12.3. The fourth-order valence-corrected chi connectivity index (χ4v) is 6.30. The minimum Gasteiger partial charge on any atom is -0.395 e. The van der Waals surface area contributed by atoms with Crippen molar-refractivity contribution in [2.24, 2.45) is 5.41 Å². The molecule has 2 N–H and O–H groups in total. The van der Waals surface area contributed by atoms with Crippen molar-refractivity contribution < 1.29 is 27.8 Å². The zero-order valence-electron chi connectivity index (χ0n) is 17.6. The molecule has 1 amide bonds. The Kier molecular flexibility index (Phi) is 8.07. The van der Waals surface area contributed by atoms with Crippen molar-refractivity contribution in [2.45, 2.75) is 68.6 Å². The molecule has 1 aliphatic heterocycles. The molecule has 7 nitrogen and oxygen atoms in total. The Hall–Kier alpha value is -1.22. The predicted molar refractivity (Wildman–Crippen MR) is 112 cm³/mol. The first-order valence-corrected chi connectivity index (χ1v) is 11.8. The average molecular weight is 430 g/mol. The number of nitrogens with one attached hydrogen (secondary N) is 1. The standard InChI is InChI=1S/C21H35NO6S/c1-5-11-28-18(14-16(2)20(3,4)15-23)22-19(24)21(9-6-10-21)29(25,26)17-7-12-27-13-8-17/h5,17-18,23H,1-2,6-15H2,3-4H3,(H,22,24). The van der Waals surface area contributed by atoms with Crippen LogP contribution >= 0.6 is 0 Å². The number of hydrogen-bond acceptors (Lipinski definition) is 6. The van der Waals surface area contributed by atoms with Gasteiger partial charge in [0.15, 0.2) is 14.6 Å². The van der Waals surface area contributed by atoms with Crippen molar-refractivity contribution in [3.8, 4) is 0 Å². The molecule has 1 saturated heterocycles. The highest BCUT2D eigenvalue weighted by molar-refractivity contribution is 7.94. The number of aliphatic hydroxyl groups is 1. The number of carbonyl (C=O) groups excluding carboxylic acids is 1. The van der Waals surface area contributed by atoms with Crippen molar-refractivity contribution in [3.05, 3.63) is 24.8 Å². The molecular weight excluding hydrogens is 394 g/mol. The molecule has 1 atom stereocenters. The number of hydrogen-bond donors (Lipinski definition) is 2. The molecule has 1 saturated carbocycles. The summed E-state index contributed by atoms with van der Waals surface area (Å²) in [5.74, 6) is -0.501. The zero-order chi connectivity index (χ0) is 21.7. The van der Waals surface area contributed by atoms with Gasteiger partial charge in [0, 0.05) is 25.0 Å². The lowest BCUT2D eigenvalue weighted by atomic mass is 9.82. The second-order valence-corrected chi connectivity index (χ2v) is 11.2. The molecule has 0 aromatic carbocycles. The van der Waals surface area contributed by atoms with Gasteiger partial charge >= 0.3 is 0 Å². The molecule has 0 aromatic heterocycles. The van der Waals surface area contributed by atoms with Gasteiger partial charge in [0.1, 0.15) is 6.23 Å². The van der Waals surface area contributed by atoms with E-state index < -0.39 is 37.4 Å². The van der Waals surface area contributed by atoms with Crippen molar-refractivity contribution in [1.82, 2.24) is 5.32 Å². The van der Waals surface area contributed by atoms with E-state index in [2.05, 4.69) is 18.5 Å². The molecule has 0 radical (unpaired) electrons. The van der Waals surface area contributed by atoms with Gasteiger partial charge in [-0.2, -0.15) is 0 Å². The summed E-state index contributed by atoms with van der Waals surface area (Å²) in [6.07, 6.45) is 3.33. The van der Waals surface area contributed by atoms with Crippen LogP contribution in [0.4, 0.5) is 0 Å². The summed E-state index contributed by atoms with van der Waals surface area (Å²) in [5.41, 5.74) is 0.173. The third-order valence-corrected chi connectivity index (χ3v) is 9.25. The molecule has 29 heavy (non-hydrogen) atoms. The van der Waals surface area contributed by atoms with E-state index in [0.717, 1.165) is 0 Å². The van der Waals surface area contributed by atoms with Crippen LogP contribution in [0, 0.1) is 5.41 Å². The number of sulfone groups is 1. The minimum absolute atomic E-state index is 0.0873. The SMILES string of the molecule is C=CCOC(CC(=C)C(C)(C)CO)NC(=O)C1(S(=O)(=O)C2CCOCC2)CCC1. The predicted octanol–water partition coefficient (Wildman–Crippen LogP) is 2.11. The minimum atomic E-state index is -3.64. The molecule has 1 aliphatic carbocycles. The van der Waals surface area contributed by atoms with Gasteiger partial charge in [-0.1, -0.05) is 32.1 Å². The van der Waals surface area contributed by atoms with Crippen molar-refractivity contribution in [3.63, 3.8) is 0 Å². The Morgan fingerprint density at radius 2 is 2.00 bits per heavy atom. The smallest absolute Gasteiger partial charge is 0.243 e. The maximum atomic E-state index is 13.3. The van der Waals surface area contributed by atoms with Gasteiger partial charge in [-0.05, 0) is 32.1 Å². The number of ether oxygens (including phenoxy) is 2. The highest BCUT2D eigenvalue weighted by Gasteiger charge is 2.57. The van der Waals surface area contributed by atoms with Crippen LogP contribution in [0.15, 0.2) is 24.8 Å². The lowest BCUT2D eigenvalue weighted by Crippen LogP contribution is -2.61. The fraction of sp³-hybridized carbons (Fsp3) is 0.762. The number of amides is 1. The fourth-order valence-electron chi connectivity index (χ4n) is 3.67. The molecule has 2 rings (SSSR count). The van der Waals surface area contributed by atoms with Crippen LogP contribution in [-0.2, 0) is 24.1 Å². The first-order valence-electron chi connectivity index (χ1n) is 10.2. The van der Waals surface area contributed by atoms with E-state index in [1.165, 1.54) is 0 Å². The van der Waals surface area contributed by atoms with Gasteiger partial charge in [0.05, 0.1) is 18.5 Å². The summed E-state index contributed by atoms with van der Waals surface area (Å²) in [5, 5.41) is 11.8. The van der Waals surface area contributed by atoms with Crippen LogP contribution in [0.2, 0.25) is 0 Å². The van der Waals surface area contributed by atoms with E-state index in [0.29, 0.717) is 50.9 Å². The first kappa shape index (κ1) is 24.1. The van der Waals surface area contributed by atoms with Gasteiger partial charge in [-0.3, -0.25) is 4.79 Å². The normalized spacial score (nSPS) is 21.1. The second kappa shape index (κ2) is 9.73. The van der Waals surface area contributed by atoms with E-state index in [1.807, 2.05) is 13.8 Å². The van der Waals surface area contributed by atoms with Gasteiger partial charge in [0.25, 0.3) is 0 Å². The molecule has 0 bridgehead atoms. The summed E-state index contributed by atoms with van der Waals surface area (Å²) in [4.78, 5) is 13.2. The lowest BCUT2D eigenvalue weighted by molar-refractivity contribution is -0.130. The lowest BCUT2D eigenvalue weighted by Gasteiger charge is -2.43. The van der Waals surface area contributed by atoms with E-state index in [4.69, 9.17) is 9.47 Å². The highest BCUT2D eigenvalue weighted by Crippen LogP contribution is 2.43. The molecular formula is C21H35NO6S. The third-order valence-electron chi connectivity index (χ3n) is 6.22. The number of rotatable bonds is 11. The van der Waals surface area contributed by atoms with Crippen LogP contribution < -0.4 is 5.32 Å². The Morgan fingerprint density at radius 3 is 2.48 bits per heavy atom. The van der Waals surface area contributed by atoms with Crippen LogP contribution in [0.3, 0.4) is 0 Å². The first-order chi connectivity index (χ1) is 13.6. The Labute approximate surface area is 174 Å². The quantitative estimate of drug-likeness (QED) is 0.385.